The summed E-state index contributed by atoms with van der Waals surface area (Å²) < 4.78 is 4.82. The van der Waals surface area contributed by atoms with Crippen molar-refractivity contribution in [3.05, 3.63) is 46.1 Å². The van der Waals surface area contributed by atoms with Crippen LogP contribution in [0.25, 0.3) is 0 Å². The molecule has 0 aliphatic carbocycles. The summed E-state index contributed by atoms with van der Waals surface area (Å²) in [5.41, 5.74) is 1.70. The van der Waals surface area contributed by atoms with E-state index in [1.165, 1.54) is 7.11 Å². The lowest BCUT2D eigenvalue weighted by molar-refractivity contribution is -0.136. The van der Waals surface area contributed by atoms with E-state index in [0.29, 0.717) is 22.7 Å². The summed E-state index contributed by atoms with van der Waals surface area (Å²) in [5.74, 6) is -0.473. The molecule has 1 aliphatic heterocycles. The number of allylic oxidation sites excluding steroid dienone is 1. The highest BCUT2D eigenvalue weighted by Gasteiger charge is 2.32. The fourth-order valence-corrected chi connectivity index (χ4v) is 2.38. The van der Waals surface area contributed by atoms with Gasteiger partial charge in [-0.25, -0.2) is 9.59 Å². The van der Waals surface area contributed by atoms with Gasteiger partial charge < -0.3 is 15.4 Å². The third kappa shape index (κ3) is 2.77. The van der Waals surface area contributed by atoms with Crippen LogP contribution in [0.3, 0.4) is 0 Å². The molecule has 1 heterocycles. The van der Waals surface area contributed by atoms with Crippen LogP contribution in [0.1, 0.15) is 24.9 Å². The van der Waals surface area contributed by atoms with E-state index >= 15 is 0 Å². The maximum absolute atomic E-state index is 12.0. The Morgan fingerprint density at radius 1 is 1.45 bits per heavy atom. The van der Waals surface area contributed by atoms with Gasteiger partial charge >= 0.3 is 12.0 Å². The van der Waals surface area contributed by atoms with Crippen molar-refractivity contribution in [1.82, 2.24) is 10.6 Å². The first-order chi connectivity index (χ1) is 9.56. The molecule has 1 unspecified atom stereocenters. The minimum atomic E-state index is -0.565. The van der Waals surface area contributed by atoms with Crippen molar-refractivity contribution in [3.63, 3.8) is 0 Å². The molecule has 0 fully saturated rings. The molecule has 1 atom stereocenters. The highest BCUT2D eigenvalue weighted by molar-refractivity contribution is 6.30. The van der Waals surface area contributed by atoms with Crippen molar-refractivity contribution in [2.45, 2.75) is 19.4 Å². The molecule has 2 rings (SSSR count). The zero-order valence-corrected chi connectivity index (χ0v) is 12.0. The molecule has 2 N–H and O–H groups in total. The Balaban J connectivity index is 2.53. The van der Waals surface area contributed by atoms with Crippen LogP contribution in [0, 0.1) is 0 Å². The van der Waals surface area contributed by atoms with Crippen LogP contribution in [0.15, 0.2) is 35.5 Å². The molecule has 106 valence electrons. The number of halogens is 1. The SMILES string of the molecule is CCC1=C(C(=O)OC)C(c2cccc(Cl)c2)NC(=O)N1. The minimum Gasteiger partial charge on any atom is -0.466 e. The van der Waals surface area contributed by atoms with Crippen molar-refractivity contribution in [2.24, 2.45) is 0 Å². The van der Waals surface area contributed by atoms with Crippen LogP contribution < -0.4 is 10.6 Å². The number of nitrogens with one attached hydrogen (secondary N) is 2. The van der Waals surface area contributed by atoms with Gasteiger partial charge in [-0.05, 0) is 24.1 Å². The standard InChI is InChI=1S/C14H15ClN2O3/c1-3-10-11(13(18)20-2)12(17-14(19)16-10)8-5-4-6-9(15)7-8/h4-7,12H,3H2,1-2H3,(H2,16,17,19). The number of rotatable bonds is 3. The third-order valence-electron chi connectivity index (χ3n) is 3.09. The summed E-state index contributed by atoms with van der Waals surface area (Å²) >= 11 is 5.97. The quantitative estimate of drug-likeness (QED) is 0.842. The number of urea groups is 1. The number of esters is 1. The van der Waals surface area contributed by atoms with Crippen molar-refractivity contribution >= 4 is 23.6 Å². The second-order valence-corrected chi connectivity index (χ2v) is 4.76. The van der Waals surface area contributed by atoms with Crippen molar-refractivity contribution < 1.29 is 14.3 Å². The van der Waals surface area contributed by atoms with E-state index in [9.17, 15) is 9.59 Å². The predicted molar refractivity (Wildman–Crippen MR) is 75.2 cm³/mol. The molecule has 1 aromatic rings. The molecule has 0 spiro atoms. The molecule has 0 saturated carbocycles. The lowest BCUT2D eigenvalue weighted by Crippen LogP contribution is -2.45. The molecule has 1 aromatic carbocycles. The van der Waals surface area contributed by atoms with Crippen LogP contribution in [0.2, 0.25) is 5.02 Å². The number of methoxy groups -OCH3 is 1. The number of hydrogen-bond acceptors (Lipinski definition) is 3. The highest BCUT2D eigenvalue weighted by Crippen LogP contribution is 2.29. The first-order valence-electron chi connectivity index (χ1n) is 6.21. The fourth-order valence-electron chi connectivity index (χ4n) is 2.18. The summed E-state index contributed by atoms with van der Waals surface area (Å²) in [6.07, 6.45) is 0.523. The molecule has 0 bridgehead atoms. The number of carbonyl (C=O) groups is 2. The van der Waals surface area contributed by atoms with Gasteiger partial charge in [0.15, 0.2) is 0 Å². The molecule has 5 nitrogen and oxygen atoms in total. The molecule has 1 aliphatic rings. The van der Waals surface area contributed by atoms with Gasteiger partial charge in [0, 0.05) is 10.7 Å². The van der Waals surface area contributed by atoms with E-state index < -0.39 is 12.0 Å². The van der Waals surface area contributed by atoms with Crippen LogP contribution in [0.5, 0.6) is 0 Å². The third-order valence-corrected chi connectivity index (χ3v) is 3.33. The first kappa shape index (κ1) is 14.4. The molecular formula is C14H15ClN2O3. The number of amides is 2. The maximum Gasteiger partial charge on any atom is 0.337 e. The Morgan fingerprint density at radius 3 is 2.80 bits per heavy atom. The van der Waals surface area contributed by atoms with E-state index in [0.717, 1.165) is 5.56 Å². The van der Waals surface area contributed by atoms with Crippen LogP contribution in [-0.4, -0.2) is 19.1 Å². The average Bonchev–Trinajstić information content (AvgIpc) is 2.45. The van der Waals surface area contributed by atoms with Gasteiger partial charge in [0.25, 0.3) is 0 Å². The zero-order chi connectivity index (χ0) is 14.7. The molecular weight excluding hydrogens is 280 g/mol. The molecule has 0 aromatic heterocycles. The van der Waals surface area contributed by atoms with E-state index in [1.807, 2.05) is 6.92 Å². The van der Waals surface area contributed by atoms with Gasteiger partial charge in [-0.15, -0.1) is 0 Å². The van der Waals surface area contributed by atoms with Crippen LogP contribution in [-0.2, 0) is 9.53 Å². The molecule has 6 heteroatoms. The Morgan fingerprint density at radius 2 is 2.20 bits per heavy atom. The fraction of sp³-hybridized carbons (Fsp3) is 0.286. The van der Waals surface area contributed by atoms with Crippen molar-refractivity contribution in [2.75, 3.05) is 7.11 Å². The van der Waals surface area contributed by atoms with Gasteiger partial charge in [-0.3, -0.25) is 0 Å². The van der Waals surface area contributed by atoms with E-state index in [-0.39, 0.29) is 6.03 Å². The van der Waals surface area contributed by atoms with Gasteiger partial charge in [0.05, 0.1) is 18.7 Å². The Labute approximate surface area is 121 Å². The van der Waals surface area contributed by atoms with Crippen molar-refractivity contribution in [3.8, 4) is 0 Å². The lowest BCUT2D eigenvalue weighted by atomic mass is 9.94. The van der Waals surface area contributed by atoms with Crippen LogP contribution in [0.4, 0.5) is 4.79 Å². The molecule has 2 amide bonds. The highest BCUT2D eigenvalue weighted by atomic mass is 35.5. The second kappa shape index (κ2) is 5.96. The number of ether oxygens (including phenoxy) is 1. The van der Waals surface area contributed by atoms with Gasteiger partial charge in [0.2, 0.25) is 0 Å². The van der Waals surface area contributed by atoms with Crippen molar-refractivity contribution in [1.29, 1.82) is 0 Å². The average molecular weight is 295 g/mol. The molecule has 0 radical (unpaired) electrons. The molecule has 0 saturated heterocycles. The van der Waals surface area contributed by atoms with Gasteiger partial charge in [-0.2, -0.15) is 0 Å². The van der Waals surface area contributed by atoms with E-state index in [4.69, 9.17) is 16.3 Å². The smallest absolute Gasteiger partial charge is 0.337 e. The van der Waals surface area contributed by atoms with Gasteiger partial charge in [-0.1, -0.05) is 30.7 Å². The summed E-state index contributed by atoms with van der Waals surface area (Å²) in [4.78, 5) is 23.7. The Hall–Kier alpha value is -2.01. The summed E-state index contributed by atoms with van der Waals surface area (Å²) in [6, 6.07) is 6.11. The first-order valence-corrected chi connectivity index (χ1v) is 6.59. The maximum atomic E-state index is 12.0. The normalized spacial score (nSPS) is 18.4. The predicted octanol–water partition coefficient (Wildman–Crippen LogP) is 2.53. The summed E-state index contributed by atoms with van der Waals surface area (Å²) in [5, 5.41) is 5.90. The summed E-state index contributed by atoms with van der Waals surface area (Å²) in [6.45, 7) is 1.86. The van der Waals surface area contributed by atoms with E-state index in [1.54, 1.807) is 24.3 Å². The lowest BCUT2D eigenvalue weighted by Gasteiger charge is -2.28. The number of carbonyl (C=O) groups excluding carboxylic acids is 2. The minimum absolute atomic E-state index is 0.348. The molecule has 20 heavy (non-hydrogen) atoms. The largest absolute Gasteiger partial charge is 0.466 e. The number of hydrogen-bond donors (Lipinski definition) is 2. The monoisotopic (exact) mass is 294 g/mol. The summed E-state index contributed by atoms with van der Waals surface area (Å²) in [7, 11) is 1.31. The Kier molecular flexibility index (Phi) is 4.29. The zero-order valence-electron chi connectivity index (χ0n) is 11.2. The van der Waals surface area contributed by atoms with Crippen LogP contribution >= 0.6 is 11.6 Å². The topological polar surface area (TPSA) is 67.4 Å². The van der Waals surface area contributed by atoms with Gasteiger partial charge in [0.1, 0.15) is 0 Å². The number of benzene rings is 1. The second-order valence-electron chi connectivity index (χ2n) is 4.32. The Bertz CT molecular complexity index is 584. The van der Waals surface area contributed by atoms with E-state index in [2.05, 4.69) is 10.6 Å².